The minimum atomic E-state index is -2.56. The quantitative estimate of drug-likeness (QED) is 0.715. The lowest BCUT2D eigenvalue weighted by molar-refractivity contribution is -0.0628. The van der Waals surface area contributed by atoms with E-state index in [1.54, 1.807) is 0 Å². The summed E-state index contributed by atoms with van der Waals surface area (Å²) in [5.41, 5.74) is 2.32. The molecule has 0 amide bonds. The maximum Gasteiger partial charge on any atom is 0.250 e. The number of alkyl halides is 2. The van der Waals surface area contributed by atoms with Crippen molar-refractivity contribution in [1.82, 2.24) is 14.8 Å². The van der Waals surface area contributed by atoms with Crippen LogP contribution in [0.25, 0.3) is 0 Å². The Bertz CT molecular complexity index is 805. The second-order valence-electron chi connectivity index (χ2n) is 8.41. The van der Waals surface area contributed by atoms with Crippen molar-refractivity contribution in [2.75, 3.05) is 39.3 Å². The number of piperidine rings is 1. The van der Waals surface area contributed by atoms with Crippen molar-refractivity contribution in [1.29, 1.82) is 0 Å². The summed E-state index contributed by atoms with van der Waals surface area (Å²) in [5.74, 6) is -1.35. The Morgan fingerprint density at radius 2 is 1.90 bits per heavy atom. The first kappa shape index (κ1) is 21.2. The number of nitrogens with zero attached hydrogens (tertiary/aromatic N) is 3. The topological polar surface area (TPSA) is 48.8 Å². The van der Waals surface area contributed by atoms with Gasteiger partial charge in [-0.2, -0.15) is 0 Å². The molecule has 7 heteroatoms. The Kier molecular flexibility index (Phi) is 6.61. The standard InChI is InChI=1S/C23H29F2N3O2/c24-23(25)7-10-27(11-8-23)16-20(29)17-30-21-5-3-4-18(12-21)13-28-14-19(15-28)22-6-1-2-9-26-22/h1-6,9,12,19-20,29H,7-8,10-11,13-17H2. The van der Waals surface area contributed by atoms with Gasteiger partial charge < -0.3 is 14.7 Å². The maximum atomic E-state index is 13.2. The fourth-order valence-electron chi connectivity index (χ4n) is 4.10. The summed E-state index contributed by atoms with van der Waals surface area (Å²) < 4.78 is 32.2. The van der Waals surface area contributed by atoms with E-state index in [9.17, 15) is 13.9 Å². The number of benzene rings is 1. The van der Waals surface area contributed by atoms with E-state index in [1.165, 1.54) is 5.56 Å². The van der Waals surface area contributed by atoms with Gasteiger partial charge in [0.15, 0.2) is 0 Å². The molecular weight excluding hydrogens is 388 g/mol. The smallest absolute Gasteiger partial charge is 0.250 e. The number of aliphatic hydroxyl groups excluding tert-OH is 1. The van der Waals surface area contributed by atoms with Crippen LogP contribution in [-0.2, 0) is 6.54 Å². The van der Waals surface area contributed by atoms with Gasteiger partial charge in [-0.15, -0.1) is 0 Å². The highest BCUT2D eigenvalue weighted by atomic mass is 19.3. The summed E-state index contributed by atoms with van der Waals surface area (Å²) in [6.45, 7) is 3.99. The first-order valence-corrected chi connectivity index (χ1v) is 10.6. The van der Waals surface area contributed by atoms with Crippen molar-refractivity contribution >= 4 is 0 Å². The minimum Gasteiger partial charge on any atom is -0.491 e. The molecule has 3 heterocycles. The van der Waals surface area contributed by atoms with Crippen LogP contribution >= 0.6 is 0 Å². The van der Waals surface area contributed by atoms with E-state index in [2.05, 4.69) is 22.0 Å². The van der Waals surface area contributed by atoms with Crippen LogP contribution in [0, 0.1) is 0 Å². The molecular formula is C23H29F2N3O2. The van der Waals surface area contributed by atoms with Gasteiger partial charge in [0.05, 0.1) is 0 Å². The van der Waals surface area contributed by atoms with E-state index in [4.69, 9.17) is 4.74 Å². The zero-order valence-electron chi connectivity index (χ0n) is 17.1. The number of hydrogen-bond donors (Lipinski definition) is 1. The highest BCUT2D eigenvalue weighted by Gasteiger charge is 2.34. The van der Waals surface area contributed by atoms with Crippen LogP contribution in [0.4, 0.5) is 8.78 Å². The molecule has 0 bridgehead atoms. The van der Waals surface area contributed by atoms with Gasteiger partial charge in [-0.3, -0.25) is 9.88 Å². The average molecular weight is 418 g/mol. The predicted molar refractivity (Wildman–Crippen MR) is 111 cm³/mol. The molecule has 1 aromatic heterocycles. The molecule has 5 nitrogen and oxygen atoms in total. The van der Waals surface area contributed by atoms with Gasteiger partial charge in [0, 0.05) is 69.9 Å². The number of hydrogen-bond acceptors (Lipinski definition) is 5. The second kappa shape index (κ2) is 9.37. The van der Waals surface area contributed by atoms with Crippen molar-refractivity contribution in [3.63, 3.8) is 0 Å². The zero-order chi connectivity index (χ0) is 21.0. The molecule has 0 saturated carbocycles. The van der Waals surface area contributed by atoms with Crippen molar-refractivity contribution in [2.45, 2.75) is 37.3 Å². The lowest BCUT2D eigenvalue weighted by atomic mass is 9.95. The van der Waals surface area contributed by atoms with Crippen LogP contribution in [0.3, 0.4) is 0 Å². The number of likely N-dealkylation sites (tertiary alicyclic amines) is 2. The summed E-state index contributed by atoms with van der Waals surface area (Å²) in [7, 11) is 0. The molecule has 4 rings (SSSR count). The largest absolute Gasteiger partial charge is 0.491 e. The summed E-state index contributed by atoms with van der Waals surface area (Å²) >= 11 is 0. The van der Waals surface area contributed by atoms with Gasteiger partial charge in [-0.25, -0.2) is 8.78 Å². The van der Waals surface area contributed by atoms with Crippen LogP contribution in [0.1, 0.15) is 30.0 Å². The Morgan fingerprint density at radius 1 is 1.10 bits per heavy atom. The lowest BCUT2D eigenvalue weighted by Crippen LogP contribution is -2.44. The van der Waals surface area contributed by atoms with Crippen LogP contribution in [-0.4, -0.2) is 71.2 Å². The van der Waals surface area contributed by atoms with Crippen molar-refractivity contribution in [3.8, 4) is 5.75 Å². The third-order valence-electron chi connectivity index (χ3n) is 5.87. The van der Waals surface area contributed by atoms with Crippen LogP contribution in [0.2, 0.25) is 0 Å². The minimum absolute atomic E-state index is 0.139. The van der Waals surface area contributed by atoms with E-state index in [1.807, 2.05) is 41.4 Å². The normalized spacial score (nSPS) is 21.2. The fourth-order valence-corrected chi connectivity index (χ4v) is 4.10. The van der Waals surface area contributed by atoms with E-state index in [-0.39, 0.29) is 19.4 Å². The SMILES string of the molecule is OC(COc1cccc(CN2CC(c3ccccn3)C2)c1)CN1CCC(F)(F)CC1. The molecule has 1 atom stereocenters. The Morgan fingerprint density at radius 3 is 2.63 bits per heavy atom. The molecule has 1 aromatic carbocycles. The molecule has 2 aliphatic heterocycles. The Labute approximate surface area is 176 Å². The van der Waals surface area contributed by atoms with Gasteiger partial charge in [0.1, 0.15) is 18.5 Å². The number of halogens is 2. The molecule has 0 spiro atoms. The zero-order valence-corrected chi connectivity index (χ0v) is 17.1. The van der Waals surface area contributed by atoms with Gasteiger partial charge in [0.2, 0.25) is 0 Å². The van der Waals surface area contributed by atoms with Crippen molar-refractivity contribution < 1.29 is 18.6 Å². The molecule has 2 saturated heterocycles. The first-order valence-electron chi connectivity index (χ1n) is 10.6. The highest BCUT2D eigenvalue weighted by molar-refractivity contribution is 5.29. The summed E-state index contributed by atoms with van der Waals surface area (Å²) in [6, 6.07) is 14.0. The predicted octanol–water partition coefficient (Wildman–Crippen LogP) is 3.15. The highest BCUT2D eigenvalue weighted by Crippen LogP contribution is 2.28. The second-order valence-corrected chi connectivity index (χ2v) is 8.41. The van der Waals surface area contributed by atoms with Gasteiger partial charge >= 0.3 is 0 Å². The summed E-state index contributed by atoms with van der Waals surface area (Å²) in [5, 5.41) is 10.2. The molecule has 1 N–H and O–H groups in total. The summed E-state index contributed by atoms with van der Waals surface area (Å²) in [4.78, 5) is 8.69. The van der Waals surface area contributed by atoms with Gasteiger partial charge in [-0.1, -0.05) is 18.2 Å². The molecule has 2 aliphatic rings. The molecule has 1 unspecified atom stereocenters. The molecule has 30 heavy (non-hydrogen) atoms. The Balaban J connectivity index is 1.19. The van der Waals surface area contributed by atoms with Crippen molar-refractivity contribution in [3.05, 3.63) is 59.9 Å². The fraction of sp³-hybridized carbons (Fsp3) is 0.522. The first-order chi connectivity index (χ1) is 14.5. The summed E-state index contributed by atoms with van der Waals surface area (Å²) in [6.07, 6.45) is 0.865. The maximum absolute atomic E-state index is 13.2. The average Bonchev–Trinajstić information content (AvgIpc) is 2.71. The monoisotopic (exact) mass is 417 g/mol. The van der Waals surface area contributed by atoms with Crippen LogP contribution < -0.4 is 4.74 Å². The molecule has 2 fully saturated rings. The van der Waals surface area contributed by atoms with Crippen LogP contribution in [0.5, 0.6) is 5.75 Å². The van der Waals surface area contributed by atoms with Crippen LogP contribution in [0.15, 0.2) is 48.7 Å². The molecule has 162 valence electrons. The Hall–Kier alpha value is -2.09. The third kappa shape index (κ3) is 5.74. The molecule has 0 aliphatic carbocycles. The molecule has 2 aromatic rings. The van der Waals surface area contributed by atoms with Gasteiger partial charge in [0.25, 0.3) is 5.92 Å². The number of aromatic nitrogens is 1. The number of pyridine rings is 1. The van der Waals surface area contributed by atoms with E-state index in [0.717, 1.165) is 31.1 Å². The van der Waals surface area contributed by atoms with E-state index >= 15 is 0 Å². The number of rotatable bonds is 8. The van der Waals surface area contributed by atoms with Gasteiger partial charge in [-0.05, 0) is 29.8 Å². The van der Waals surface area contributed by atoms with E-state index < -0.39 is 12.0 Å². The van der Waals surface area contributed by atoms with Crippen molar-refractivity contribution in [2.24, 2.45) is 0 Å². The molecule has 0 radical (unpaired) electrons. The third-order valence-corrected chi connectivity index (χ3v) is 5.87. The lowest BCUT2D eigenvalue weighted by Gasteiger charge is -2.39. The number of aliphatic hydroxyl groups is 1. The van der Waals surface area contributed by atoms with E-state index in [0.29, 0.717) is 25.6 Å². The number of β-amino-alcohol motifs (C(OH)–C–C–N with tert-alkyl or cyclic N) is 1. The number of ether oxygens (including phenoxy) is 1.